The lowest BCUT2D eigenvalue weighted by Crippen LogP contribution is -2.60. The minimum absolute atomic E-state index is 0. The van der Waals surface area contributed by atoms with Crippen LogP contribution in [0.4, 0.5) is 0 Å². The van der Waals surface area contributed by atoms with E-state index in [1.807, 2.05) is 19.1 Å². The van der Waals surface area contributed by atoms with Crippen molar-refractivity contribution in [1.29, 1.82) is 0 Å². The Bertz CT molecular complexity index is 361. The van der Waals surface area contributed by atoms with Crippen LogP contribution in [-0.4, -0.2) is 31.6 Å². The minimum atomic E-state index is -0.374. The van der Waals surface area contributed by atoms with Crippen LogP contribution in [0.5, 0.6) is 5.75 Å². The summed E-state index contributed by atoms with van der Waals surface area (Å²) in [5.41, 5.74) is 0.285. The number of hydrogen-bond acceptors (Lipinski definition) is 4. The topological polar surface area (TPSA) is 50.4 Å². The molecule has 1 heterocycles. The Hall–Kier alpha value is -1.10. The predicted molar refractivity (Wildman–Crippen MR) is 69.0 cm³/mol. The van der Waals surface area contributed by atoms with Crippen molar-refractivity contribution in [1.82, 2.24) is 10.6 Å². The summed E-state index contributed by atoms with van der Waals surface area (Å²) in [5, 5.41) is 6.59. The summed E-state index contributed by atoms with van der Waals surface area (Å²) in [5.74, 6) is 0.768. The Kier molecular flexibility index (Phi) is 4.93. The standard InChI is InChI=1S/C12H16N2O2.ClH/c1-12(9-13-6-7-14-12)16-11-4-2-10(8-15)3-5-11;/h2-5,8,13-14H,6-7,9H2,1H3;1H/t12-;/m0./s1. The second kappa shape index (κ2) is 6.00. The highest BCUT2D eigenvalue weighted by atomic mass is 35.5. The number of piperazine rings is 1. The maximum Gasteiger partial charge on any atom is 0.170 e. The summed E-state index contributed by atoms with van der Waals surface area (Å²) < 4.78 is 5.85. The molecule has 0 amide bonds. The number of nitrogens with one attached hydrogen (secondary N) is 2. The molecular weight excluding hydrogens is 240 g/mol. The molecule has 2 N–H and O–H groups in total. The molecule has 1 fully saturated rings. The number of ether oxygens (including phenoxy) is 1. The lowest BCUT2D eigenvalue weighted by molar-refractivity contribution is 0.0381. The normalized spacial score (nSPS) is 23.6. The average Bonchev–Trinajstić information content (AvgIpc) is 2.30. The van der Waals surface area contributed by atoms with Crippen LogP contribution in [0.3, 0.4) is 0 Å². The van der Waals surface area contributed by atoms with Crippen molar-refractivity contribution < 1.29 is 9.53 Å². The minimum Gasteiger partial charge on any atom is -0.472 e. The van der Waals surface area contributed by atoms with Gasteiger partial charge in [-0.15, -0.1) is 12.4 Å². The van der Waals surface area contributed by atoms with Gasteiger partial charge in [0.15, 0.2) is 5.72 Å². The molecule has 1 aromatic rings. The fraction of sp³-hybridized carbons (Fsp3) is 0.417. The molecule has 0 unspecified atom stereocenters. The number of rotatable bonds is 3. The van der Waals surface area contributed by atoms with Crippen LogP contribution in [0.1, 0.15) is 17.3 Å². The van der Waals surface area contributed by atoms with Gasteiger partial charge in [0, 0.05) is 25.2 Å². The van der Waals surface area contributed by atoms with Gasteiger partial charge in [-0.05, 0) is 31.2 Å². The van der Waals surface area contributed by atoms with Crippen LogP contribution in [-0.2, 0) is 0 Å². The summed E-state index contributed by atoms with van der Waals surface area (Å²) in [4.78, 5) is 10.5. The van der Waals surface area contributed by atoms with Gasteiger partial charge in [-0.3, -0.25) is 10.1 Å². The monoisotopic (exact) mass is 256 g/mol. The van der Waals surface area contributed by atoms with Crippen LogP contribution < -0.4 is 15.4 Å². The molecule has 17 heavy (non-hydrogen) atoms. The van der Waals surface area contributed by atoms with Gasteiger partial charge in [0.05, 0.1) is 0 Å². The van der Waals surface area contributed by atoms with Crippen molar-refractivity contribution in [2.24, 2.45) is 0 Å². The van der Waals surface area contributed by atoms with Gasteiger partial charge >= 0.3 is 0 Å². The number of carbonyl (C=O) groups is 1. The van der Waals surface area contributed by atoms with Gasteiger partial charge in [-0.2, -0.15) is 0 Å². The van der Waals surface area contributed by atoms with E-state index in [4.69, 9.17) is 4.74 Å². The zero-order valence-corrected chi connectivity index (χ0v) is 10.5. The zero-order chi connectivity index (χ0) is 11.4. The summed E-state index contributed by atoms with van der Waals surface area (Å²) in [6, 6.07) is 7.13. The van der Waals surface area contributed by atoms with Crippen LogP contribution >= 0.6 is 12.4 Å². The van der Waals surface area contributed by atoms with Gasteiger partial charge in [-0.25, -0.2) is 0 Å². The van der Waals surface area contributed by atoms with E-state index in [1.165, 1.54) is 0 Å². The maximum atomic E-state index is 10.5. The largest absolute Gasteiger partial charge is 0.472 e. The van der Waals surface area contributed by atoms with E-state index in [9.17, 15) is 4.79 Å². The first-order valence-electron chi connectivity index (χ1n) is 5.42. The second-order valence-corrected chi connectivity index (χ2v) is 4.12. The molecule has 0 spiro atoms. The molecule has 2 rings (SSSR count). The highest BCUT2D eigenvalue weighted by molar-refractivity contribution is 5.85. The van der Waals surface area contributed by atoms with Crippen LogP contribution in [0.25, 0.3) is 0 Å². The molecule has 0 saturated carbocycles. The molecule has 5 heteroatoms. The number of aldehydes is 1. The highest BCUT2D eigenvalue weighted by Crippen LogP contribution is 2.17. The third-order valence-electron chi connectivity index (χ3n) is 2.62. The molecule has 4 nitrogen and oxygen atoms in total. The Morgan fingerprint density at radius 3 is 2.53 bits per heavy atom. The third-order valence-corrected chi connectivity index (χ3v) is 2.62. The molecule has 0 aliphatic carbocycles. The lowest BCUT2D eigenvalue weighted by atomic mass is 10.2. The zero-order valence-electron chi connectivity index (χ0n) is 9.73. The van der Waals surface area contributed by atoms with Crippen molar-refractivity contribution in [3.8, 4) is 5.75 Å². The quantitative estimate of drug-likeness (QED) is 0.799. The first-order valence-corrected chi connectivity index (χ1v) is 5.42. The lowest BCUT2D eigenvalue weighted by Gasteiger charge is -2.35. The first-order chi connectivity index (χ1) is 7.72. The Morgan fingerprint density at radius 2 is 2.00 bits per heavy atom. The molecule has 1 aliphatic rings. The molecule has 0 bridgehead atoms. The summed E-state index contributed by atoms with van der Waals surface area (Å²) in [6.45, 7) is 4.63. The second-order valence-electron chi connectivity index (χ2n) is 4.12. The molecule has 1 atom stereocenters. The van der Waals surface area contributed by atoms with Crippen LogP contribution in [0, 0.1) is 0 Å². The van der Waals surface area contributed by atoms with Crippen molar-refractivity contribution in [2.75, 3.05) is 19.6 Å². The fourth-order valence-corrected chi connectivity index (χ4v) is 1.75. The number of hydrogen-bond donors (Lipinski definition) is 2. The molecule has 0 aromatic heterocycles. The van der Waals surface area contributed by atoms with E-state index in [2.05, 4.69) is 10.6 Å². The van der Waals surface area contributed by atoms with Gasteiger partial charge in [0.25, 0.3) is 0 Å². The summed E-state index contributed by atoms with van der Waals surface area (Å²) in [6.07, 6.45) is 0.825. The predicted octanol–water partition coefficient (Wildman–Crippen LogP) is 1.21. The van der Waals surface area contributed by atoms with E-state index in [-0.39, 0.29) is 18.1 Å². The van der Waals surface area contributed by atoms with Gasteiger partial charge in [0.1, 0.15) is 12.0 Å². The van der Waals surface area contributed by atoms with Gasteiger partial charge in [0.2, 0.25) is 0 Å². The molecular formula is C12H17ClN2O2. The van der Waals surface area contributed by atoms with E-state index in [1.54, 1.807) is 12.1 Å². The fourth-order valence-electron chi connectivity index (χ4n) is 1.75. The Morgan fingerprint density at radius 1 is 1.29 bits per heavy atom. The van der Waals surface area contributed by atoms with Crippen LogP contribution in [0.15, 0.2) is 24.3 Å². The molecule has 1 saturated heterocycles. The van der Waals surface area contributed by atoms with Crippen molar-refractivity contribution in [3.63, 3.8) is 0 Å². The van der Waals surface area contributed by atoms with Gasteiger partial charge in [-0.1, -0.05) is 0 Å². The summed E-state index contributed by atoms with van der Waals surface area (Å²) >= 11 is 0. The van der Waals surface area contributed by atoms with E-state index < -0.39 is 0 Å². The van der Waals surface area contributed by atoms with Crippen molar-refractivity contribution in [3.05, 3.63) is 29.8 Å². The van der Waals surface area contributed by atoms with E-state index in [0.717, 1.165) is 31.7 Å². The Balaban J connectivity index is 0.00000144. The first kappa shape index (κ1) is 14.0. The SMILES string of the molecule is C[C@]1(Oc2ccc(C=O)cc2)CNCCN1.Cl. The number of halogens is 1. The number of benzene rings is 1. The summed E-state index contributed by atoms with van der Waals surface area (Å²) in [7, 11) is 0. The Labute approximate surface area is 107 Å². The molecule has 1 aromatic carbocycles. The van der Waals surface area contributed by atoms with Crippen LogP contribution in [0.2, 0.25) is 0 Å². The van der Waals surface area contributed by atoms with E-state index >= 15 is 0 Å². The molecule has 0 radical (unpaired) electrons. The number of carbonyl (C=O) groups excluding carboxylic acids is 1. The molecule has 94 valence electrons. The van der Waals surface area contributed by atoms with Gasteiger partial charge < -0.3 is 10.1 Å². The smallest absolute Gasteiger partial charge is 0.170 e. The maximum absolute atomic E-state index is 10.5. The average molecular weight is 257 g/mol. The highest BCUT2D eigenvalue weighted by Gasteiger charge is 2.27. The van der Waals surface area contributed by atoms with E-state index in [0.29, 0.717) is 5.56 Å². The van der Waals surface area contributed by atoms with Crippen molar-refractivity contribution >= 4 is 18.7 Å². The van der Waals surface area contributed by atoms with Crippen molar-refractivity contribution in [2.45, 2.75) is 12.6 Å². The third kappa shape index (κ3) is 3.70. The molecule has 1 aliphatic heterocycles.